The van der Waals surface area contributed by atoms with Gasteiger partial charge in [0.05, 0.1) is 4.47 Å². The summed E-state index contributed by atoms with van der Waals surface area (Å²) in [6, 6.07) is 6.57. The lowest BCUT2D eigenvalue weighted by molar-refractivity contribution is 0.0665. The van der Waals surface area contributed by atoms with Gasteiger partial charge in [0.25, 0.3) is 0 Å². The normalized spacial score (nSPS) is 21.6. The van der Waals surface area contributed by atoms with E-state index in [1.165, 1.54) is 5.56 Å². The predicted molar refractivity (Wildman–Crippen MR) is 72.5 cm³/mol. The van der Waals surface area contributed by atoms with Crippen LogP contribution in [0.1, 0.15) is 31.9 Å². The molecule has 1 aromatic carbocycles. The number of hydrogen-bond donors (Lipinski definition) is 1. The maximum atomic E-state index is 6.00. The summed E-state index contributed by atoms with van der Waals surface area (Å²) in [5.74, 6) is 0.980. The number of benzene rings is 1. The van der Waals surface area contributed by atoms with Gasteiger partial charge in [-0.25, -0.2) is 0 Å². The van der Waals surface area contributed by atoms with Crippen LogP contribution < -0.4 is 10.1 Å². The highest BCUT2D eigenvalue weighted by Gasteiger charge is 2.33. The molecular weight excluding hydrogens is 289 g/mol. The standard InChI is InChI=1S/C12H16BrNO.ClH/c1-12(2)7-10(14-3)8-5-4-6-9(13)11(8)15-12;/h4-6,10,14H,7H2,1-3H3;1H. The van der Waals surface area contributed by atoms with Crippen molar-refractivity contribution in [2.75, 3.05) is 7.05 Å². The van der Waals surface area contributed by atoms with Crippen LogP contribution in [0.25, 0.3) is 0 Å². The predicted octanol–water partition coefficient (Wildman–Crippen LogP) is 3.69. The molecule has 0 aliphatic carbocycles. The molecule has 1 aliphatic rings. The molecule has 0 aromatic heterocycles. The monoisotopic (exact) mass is 305 g/mol. The minimum absolute atomic E-state index is 0. The summed E-state index contributed by atoms with van der Waals surface area (Å²) >= 11 is 3.54. The zero-order valence-electron chi connectivity index (χ0n) is 9.71. The van der Waals surface area contributed by atoms with Gasteiger partial charge < -0.3 is 10.1 Å². The second kappa shape index (κ2) is 4.94. The van der Waals surface area contributed by atoms with Crippen molar-refractivity contribution in [2.24, 2.45) is 0 Å². The van der Waals surface area contributed by atoms with Crippen LogP contribution in [0.4, 0.5) is 0 Å². The number of ether oxygens (including phenoxy) is 1. The smallest absolute Gasteiger partial charge is 0.139 e. The summed E-state index contributed by atoms with van der Waals surface area (Å²) in [5, 5.41) is 3.34. The third kappa shape index (κ3) is 2.53. The van der Waals surface area contributed by atoms with Crippen LogP contribution >= 0.6 is 28.3 Å². The highest BCUT2D eigenvalue weighted by Crippen LogP contribution is 2.43. The summed E-state index contributed by atoms with van der Waals surface area (Å²) in [6.07, 6.45) is 0.993. The molecule has 90 valence electrons. The Labute approximate surface area is 111 Å². The molecule has 1 heterocycles. The van der Waals surface area contributed by atoms with Crippen molar-refractivity contribution in [3.05, 3.63) is 28.2 Å². The first-order valence-electron chi connectivity index (χ1n) is 5.18. The molecule has 1 aliphatic heterocycles. The van der Waals surface area contributed by atoms with Crippen molar-refractivity contribution in [3.63, 3.8) is 0 Å². The zero-order valence-corrected chi connectivity index (χ0v) is 12.1. The van der Waals surface area contributed by atoms with Crippen LogP contribution in [0.15, 0.2) is 22.7 Å². The van der Waals surface area contributed by atoms with Crippen molar-refractivity contribution < 1.29 is 4.74 Å². The van der Waals surface area contributed by atoms with E-state index in [0.29, 0.717) is 6.04 Å². The van der Waals surface area contributed by atoms with E-state index in [0.717, 1.165) is 16.6 Å². The van der Waals surface area contributed by atoms with Crippen molar-refractivity contribution in [3.8, 4) is 5.75 Å². The van der Waals surface area contributed by atoms with Crippen molar-refractivity contribution in [1.82, 2.24) is 5.32 Å². The van der Waals surface area contributed by atoms with Gasteiger partial charge in [0.2, 0.25) is 0 Å². The Balaban J connectivity index is 0.00000128. The van der Waals surface area contributed by atoms with Crippen LogP contribution in [0.2, 0.25) is 0 Å². The van der Waals surface area contributed by atoms with Gasteiger partial charge in [0.1, 0.15) is 11.4 Å². The van der Waals surface area contributed by atoms with E-state index in [9.17, 15) is 0 Å². The SMILES string of the molecule is CNC1CC(C)(C)Oc2c(Br)cccc21.Cl. The molecule has 0 radical (unpaired) electrons. The third-order valence-electron chi connectivity index (χ3n) is 2.80. The van der Waals surface area contributed by atoms with Crippen molar-refractivity contribution in [1.29, 1.82) is 0 Å². The molecule has 1 atom stereocenters. The van der Waals surface area contributed by atoms with Gasteiger partial charge in [-0.05, 0) is 42.9 Å². The van der Waals surface area contributed by atoms with Gasteiger partial charge >= 0.3 is 0 Å². The quantitative estimate of drug-likeness (QED) is 0.854. The van der Waals surface area contributed by atoms with E-state index >= 15 is 0 Å². The maximum Gasteiger partial charge on any atom is 0.139 e. The van der Waals surface area contributed by atoms with Gasteiger partial charge in [-0.2, -0.15) is 0 Å². The highest BCUT2D eigenvalue weighted by molar-refractivity contribution is 9.10. The Morgan fingerprint density at radius 3 is 2.75 bits per heavy atom. The highest BCUT2D eigenvalue weighted by atomic mass is 79.9. The minimum Gasteiger partial charge on any atom is -0.486 e. The van der Waals surface area contributed by atoms with E-state index in [4.69, 9.17) is 4.74 Å². The summed E-state index contributed by atoms with van der Waals surface area (Å²) in [7, 11) is 2.00. The molecule has 0 saturated heterocycles. The first kappa shape index (κ1) is 13.8. The summed E-state index contributed by atoms with van der Waals surface area (Å²) in [5.41, 5.74) is 1.14. The van der Waals surface area contributed by atoms with Gasteiger partial charge in [-0.3, -0.25) is 0 Å². The van der Waals surface area contributed by atoms with E-state index in [1.807, 2.05) is 13.1 Å². The second-order valence-electron chi connectivity index (χ2n) is 4.57. The second-order valence-corrected chi connectivity index (χ2v) is 5.42. The molecule has 4 heteroatoms. The lowest BCUT2D eigenvalue weighted by Gasteiger charge is -2.38. The number of hydrogen-bond acceptors (Lipinski definition) is 2. The van der Waals surface area contributed by atoms with Crippen LogP contribution in [0.5, 0.6) is 5.75 Å². The molecule has 2 nitrogen and oxygen atoms in total. The third-order valence-corrected chi connectivity index (χ3v) is 3.42. The number of halogens is 2. The average molecular weight is 307 g/mol. The van der Waals surface area contributed by atoms with Crippen LogP contribution in [-0.2, 0) is 0 Å². The summed E-state index contributed by atoms with van der Waals surface area (Å²) in [6.45, 7) is 4.25. The van der Waals surface area contributed by atoms with E-state index in [2.05, 4.69) is 47.2 Å². The molecular formula is C12H17BrClNO. The average Bonchev–Trinajstić information content (AvgIpc) is 2.17. The molecule has 0 fully saturated rings. The Bertz CT molecular complexity index is 381. The Kier molecular flexibility index (Phi) is 4.27. The van der Waals surface area contributed by atoms with E-state index < -0.39 is 0 Å². The molecule has 16 heavy (non-hydrogen) atoms. The molecule has 1 aromatic rings. The molecule has 0 bridgehead atoms. The lowest BCUT2D eigenvalue weighted by atomic mass is 9.90. The summed E-state index contributed by atoms with van der Waals surface area (Å²) in [4.78, 5) is 0. The molecule has 0 saturated carbocycles. The fourth-order valence-corrected chi connectivity index (χ4v) is 2.55. The Hall–Kier alpha value is -0.250. The Morgan fingerprint density at radius 1 is 1.44 bits per heavy atom. The van der Waals surface area contributed by atoms with Crippen LogP contribution in [-0.4, -0.2) is 12.6 Å². The van der Waals surface area contributed by atoms with Crippen LogP contribution in [0.3, 0.4) is 0 Å². The minimum atomic E-state index is -0.107. The topological polar surface area (TPSA) is 21.3 Å². The van der Waals surface area contributed by atoms with Gasteiger partial charge in [0.15, 0.2) is 0 Å². The van der Waals surface area contributed by atoms with Gasteiger partial charge in [-0.1, -0.05) is 12.1 Å². The van der Waals surface area contributed by atoms with Crippen LogP contribution in [0, 0.1) is 0 Å². The molecule has 1 unspecified atom stereocenters. The number of fused-ring (bicyclic) bond motifs is 1. The van der Waals surface area contributed by atoms with E-state index in [1.54, 1.807) is 0 Å². The fourth-order valence-electron chi connectivity index (χ4n) is 2.08. The van der Waals surface area contributed by atoms with E-state index in [-0.39, 0.29) is 18.0 Å². The lowest BCUT2D eigenvalue weighted by Crippen LogP contribution is -2.38. The maximum absolute atomic E-state index is 6.00. The number of para-hydroxylation sites is 1. The fraction of sp³-hybridized carbons (Fsp3) is 0.500. The molecule has 0 amide bonds. The molecule has 2 rings (SSSR count). The first-order chi connectivity index (χ1) is 7.03. The van der Waals surface area contributed by atoms with Crippen molar-refractivity contribution in [2.45, 2.75) is 31.9 Å². The first-order valence-corrected chi connectivity index (χ1v) is 5.97. The number of rotatable bonds is 1. The molecule has 1 N–H and O–H groups in total. The van der Waals surface area contributed by atoms with Crippen molar-refractivity contribution >= 4 is 28.3 Å². The summed E-state index contributed by atoms with van der Waals surface area (Å²) < 4.78 is 7.03. The zero-order chi connectivity index (χ0) is 11.1. The van der Waals surface area contributed by atoms with Gasteiger partial charge in [-0.15, -0.1) is 12.4 Å². The van der Waals surface area contributed by atoms with Gasteiger partial charge in [0, 0.05) is 18.0 Å². The largest absolute Gasteiger partial charge is 0.486 e. The number of nitrogens with one attached hydrogen (secondary N) is 1. The Morgan fingerprint density at radius 2 is 2.12 bits per heavy atom. The molecule has 0 spiro atoms.